The maximum absolute atomic E-state index is 13.9. The molecule has 40 heavy (non-hydrogen) atoms. The van der Waals surface area contributed by atoms with E-state index >= 15 is 0 Å². The Balaban J connectivity index is 1.53. The van der Waals surface area contributed by atoms with Crippen molar-refractivity contribution in [2.45, 2.75) is 45.1 Å². The maximum atomic E-state index is 13.9. The summed E-state index contributed by atoms with van der Waals surface area (Å²) in [6, 6.07) is 22.2. The van der Waals surface area contributed by atoms with Crippen LogP contribution in [0.3, 0.4) is 0 Å². The fourth-order valence-corrected chi connectivity index (χ4v) is 5.54. The summed E-state index contributed by atoms with van der Waals surface area (Å²) in [5.41, 5.74) is 4.96. The summed E-state index contributed by atoms with van der Waals surface area (Å²) < 4.78 is 16.7. The van der Waals surface area contributed by atoms with Crippen molar-refractivity contribution >= 4 is 11.8 Å². The Bertz CT molecular complexity index is 1470. The normalized spacial score (nSPS) is 18.6. The fourth-order valence-electron chi connectivity index (χ4n) is 5.54. The number of nitrogens with one attached hydrogen (secondary N) is 1. The van der Waals surface area contributed by atoms with Crippen LogP contribution in [0.4, 0.5) is 0 Å². The number of phenolic OH excluding ortho intramolecular Hbond substituents is 1. The molecule has 7 nitrogen and oxygen atoms in total. The quantitative estimate of drug-likeness (QED) is 0.344. The van der Waals surface area contributed by atoms with E-state index in [9.17, 15) is 14.7 Å². The van der Waals surface area contributed by atoms with Gasteiger partial charge in [-0.3, -0.25) is 4.79 Å². The smallest absolute Gasteiger partial charge is 0.337 e. The Morgan fingerprint density at radius 3 is 2.42 bits per heavy atom. The molecule has 2 N–H and O–H groups in total. The highest BCUT2D eigenvalue weighted by atomic mass is 16.5. The van der Waals surface area contributed by atoms with E-state index in [4.69, 9.17) is 14.2 Å². The van der Waals surface area contributed by atoms with Gasteiger partial charge in [-0.05, 0) is 67.1 Å². The molecule has 5 rings (SSSR count). The van der Waals surface area contributed by atoms with Crippen molar-refractivity contribution in [2.75, 3.05) is 13.7 Å². The first-order valence-electron chi connectivity index (χ1n) is 13.4. The molecule has 7 heteroatoms. The van der Waals surface area contributed by atoms with Gasteiger partial charge in [-0.2, -0.15) is 0 Å². The van der Waals surface area contributed by atoms with Crippen LogP contribution in [0, 0.1) is 0 Å². The average Bonchev–Trinajstić information content (AvgIpc) is 2.97. The van der Waals surface area contributed by atoms with Crippen molar-refractivity contribution in [1.82, 2.24) is 5.32 Å². The zero-order valence-corrected chi connectivity index (χ0v) is 22.9. The number of hydrogen-bond acceptors (Lipinski definition) is 7. The number of dihydropyridines is 1. The third-order valence-electron chi connectivity index (χ3n) is 7.46. The van der Waals surface area contributed by atoms with E-state index in [0.717, 1.165) is 22.6 Å². The number of Topliss-reactive ketones (excluding diaryl/α,β-unsaturated/α-hetero) is 1. The lowest BCUT2D eigenvalue weighted by atomic mass is 9.71. The van der Waals surface area contributed by atoms with Gasteiger partial charge in [0.25, 0.3) is 0 Å². The average molecular weight is 540 g/mol. The SMILES string of the molecule is CCOc1cc(C2C(C(=O)OCc3ccccc3)=C(C)NC3=C2C(=O)CC(c2ccc(OC)cc2)C3)ccc1O. The molecule has 0 saturated heterocycles. The highest BCUT2D eigenvalue weighted by Crippen LogP contribution is 2.47. The second-order valence-corrected chi connectivity index (χ2v) is 10.0. The largest absolute Gasteiger partial charge is 0.504 e. The van der Waals surface area contributed by atoms with Gasteiger partial charge in [-0.25, -0.2) is 4.79 Å². The molecule has 0 aromatic heterocycles. The Morgan fingerprint density at radius 2 is 1.73 bits per heavy atom. The fraction of sp³-hybridized carbons (Fsp3) is 0.273. The van der Waals surface area contributed by atoms with Crippen LogP contribution in [0.25, 0.3) is 0 Å². The summed E-state index contributed by atoms with van der Waals surface area (Å²) in [6.07, 6.45) is 0.926. The summed E-state index contributed by atoms with van der Waals surface area (Å²) in [7, 11) is 1.63. The Hall–Kier alpha value is -4.52. The maximum Gasteiger partial charge on any atom is 0.337 e. The van der Waals surface area contributed by atoms with E-state index in [1.54, 1.807) is 19.2 Å². The molecule has 3 aromatic carbocycles. The van der Waals surface area contributed by atoms with Crippen LogP contribution in [-0.2, 0) is 20.9 Å². The van der Waals surface area contributed by atoms with Crippen LogP contribution in [0.2, 0.25) is 0 Å². The van der Waals surface area contributed by atoms with Crippen LogP contribution in [0.15, 0.2) is 95.3 Å². The minimum atomic E-state index is -0.663. The molecule has 0 bridgehead atoms. The number of allylic oxidation sites excluding steroid dienone is 3. The van der Waals surface area contributed by atoms with E-state index in [0.29, 0.717) is 47.6 Å². The lowest BCUT2D eigenvalue weighted by Crippen LogP contribution is -2.36. The summed E-state index contributed by atoms with van der Waals surface area (Å²) >= 11 is 0. The molecular weight excluding hydrogens is 506 g/mol. The van der Waals surface area contributed by atoms with Crippen LogP contribution in [0.5, 0.6) is 17.2 Å². The van der Waals surface area contributed by atoms with Crippen molar-refractivity contribution in [2.24, 2.45) is 0 Å². The summed E-state index contributed by atoms with van der Waals surface area (Å²) in [5.74, 6) is -0.150. The first-order chi connectivity index (χ1) is 19.4. The topological polar surface area (TPSA) is 94.1 Å². The molecule has 0 spiro atoms. The predicted molar refractivity (Wildman–Crippen MR) is 151 cm³/mol. The molecule has 0 fully saturated rings. The van der Waals surface area contributed by atoms with Crippen LogP contribution in [-0.4, -0.2) is 30.6 Å². The third-order valence-corrected chi connectivity index (χ3v) is 7.46. The van der Waals surface area contributed by atoms with E-state index in [2.05, 4.69) is 5.32 Å². The van der Waals surface area contributed by atoms with Gasteiger partial charge >= 0.3 is 5.97 Å². The number of phenols is 1. The van der Waals surface area contributed by atoms with Crippen LogP contribution < -0.4 is 14.8 Å². The van der Waals surface area contributed by atoms with E-state index < -0.39 is 11.9 Å². The standard InChI is InChI=1S/C33H33NO6/c1-4-39-29-18-23(12-15-27(29)35)31-30(33(37)40-19-21-8-6-5-7-9-21)20(2)34-26-16-24(17-28(36)32(26)31)22-10-13-25(38-3)14-11-22/h5-15,18,24,31,34-35H,4,16-17,19H2,1-3H3. The Labute approximate surface area is 234 Å². The number of esters is 1. The zero-order chi connectivity index (χ0) is 28.2. The summed E-state index contributed by atoms with van der Waals surface area (Å²) in [6.45, 7) is 4.14. The number of hydrogen-bond donors (Lipinski definition) is 2. The van der Waals surface area contributed by atoms with Crippen LogP contribution in [0.1, 0.15) is 55.2 Å². The van der Waals surface area contributed by atoms with Gasteiger partial charge in [-0.1, -0.05) is 48.5 Å². The monoisotopic (exact) mass is 539 g/mol. The molecule has 0 amide bonds. The predicted octanol–water partition coefficient (Wildman–Crippen LogP) is 5.90. The van der Waals surface area contributed by atoms with Gasteiger partial charge in [0.05, 0.1) is 19.3 Å². The molecular formula is C33H33NO6. The summed E-state index contributed by atoms with van der Waals surface area (Å²) in [4.78, 5) is 27.5. The second kappa shape index (κ2) is 11.7. The highest BCUT2D eigenvalue weighted by Gasteiger charge is 2.41. The van der Waals surface area contributed by atoms with Gasteiger partial charge in [0.15, 0.2) is 17.3 Å². The van der Waals surface area contributed by atoms with Crippen molar-refractivity contribution in [3.05, 3.63) is 112 Å². The number of benzene rings is 3. The lowest BCUT2D eigenvalue weighted by molar-refractivity contribution is -0.140. The van der Waals surface area contributed by atoms with Gasteiger partial charge in [0.1, 0.15) is 12.4 Å². The van der Waals surface area contributed by atoms with Gasteiger partial charge in [-0.15, -0.1) is 0 Å². The number of methoxy groups -OCH3 is 1. The zero-order valence-electron chi connectivity index (χ0n) is 22.9. The third kappa shape index (κ3) is 5.45. The molecule has 1 heterocycles. The van der Waals surface area contributed by atoms with Crippen molar-refractivity contribution < 1.29 is 28.9 Å². The van der Waals surface area contributed by atoms with Gasteiger partial charge < -0.3 is 24.6 Å². The molecule has 0 saturated carbocycles. The highest BCUT2D eigenvalue weighted by molar-refractivity contribution is 6.04. The van der Waals surface area contributed by atoms with E-state index in [1.165, 1.54) is 6.07 Å². The molecule has 2 aliphatic rings. The van der Waals surface area contributed by atoms with E-state index in [1.807, 2.05) is 68.4 Å². The number of ketones is 1. The molecule has 0 radical (unpaired) electrons. The molecule has 2 unspecified atom stereocenters. The number of carbonyl (C=O) groups is 2. The lowest BCUT2D eigenvalue weighted by Gasteiger charge is -2.36. The molecule has 1 aliphatic carbocycles. The Morgan fingerprint density at radius 1 is 1.00 bits per heavy atom. The Kier molecular flexibility index (Phi) is 7.91. The van der Waals surface area contributed by atoms with Crippen LogP contribution >= 0.6 is 0 Å². The number of aromatic hydroxyl groups is 1. The van der Waals surface area contributed by atoms with Crippen molar-refractivity contribution in [3.8, 4) is 17.2 Å². The summed E-state index contributed by atoms with van der Waals surface area (Å²) in [5, 5.41) is 13.7. The molecule has 1 aliphatic heterocycles. The van der Waals surface area contributed by atoms with Crippen molar-refractivity contribution in [1.29, 1.82) is 0 Å². The van der Waals surface area contributed by atoms with E-state index in [-0.39, 0.29) is 24.1 Å². The minimum absolute atomic E-state index is 0.00261. The molecule has 2 atom stereocenters. The number of carbonyl (C=O) groups excluding carboxylic acids is 2. The van der Waals surface area contributed by atoms with Gasteiger partial charge in [0.2, 0.25) is 0 Å². The molecule has 206 valence electrons. The van der Waals surface area contributed by atoms with Crippen molar-refractivity contribution in [3.63, 3.8) is 0 Å². The first kappa shape index (κ1) is 27.1. The first-order valence-corrected chi connectivity index (χ1v) is 13.4. The second-order valence-electron chi connectivity index (χ2n) is 10.0. The molecule has 3 aromatic rings. The number of rotatable bonds is 8. The number of ether oxygens (including phenoxy) is 3. The van der Waals surface area contributed by atoms with Gasteiger partial charge in [0, 0.05) is 29.3 Å². The minimum Gasteiger partial charge on any atom is -0.504 e.